The Morgan fingerprint density at radius 1 is 1.19 bits per heavy atom. The van der Waals surface area contributed by atoms with Crippen molar-refractivity contribution in [3.05, 3.63) is 30.3 Å². The van der Waals surface area contributed by atoms with Crippen LogP contribution in [0.1, 0.15) is 27.2 Å². The van der Waals surface area contributed by atoms with Crippen molar-refractivity contribution < 1.29 is 14.7 Å². The smallest absolute Gasteiger partial charge is 0.304 e. The minimum atomic E-state index is -0.843. The molecular weight excluding hydrogens is 268 g/mol. The number of rotatable bonds is 8. The van der Waals surface area contributed by atoms with Crippen LogP contribution in [0.4, 0.5) is 5.69 Å². The average molecular weight is 292 g/mol. The standard InChI is InChI=1S/C16H24N2O3/c1-4-17(11-10-16(20)21)12-15(19)18(13(2)3)14-8-6-5-7-9-14/h5-9,13H,4,10-12H2,1-3H3,(H,20,21). The maximum absolute atomic E-state index is 12.5. The molecule has 0 saturated heterocycles. The summed E-state index contributed by atoms with van der Waals surface area (Å²) in [5.41, 5.74) is 0.867. The molecule has 0 aliphatic carbocycles. The maximum Gasteiger partial charge on any atom is 0.304 e. The first-order valence-electron chi connectivity index (χ1n) is 7.27. The topological polar surface area (TPSA) is 60.9 Å². The zero-order chi connectivity index (χ0) is 15.8. The van der Waals surface area contributed by atoms with E-state index in [1.54, 1.807) is 4.90 Å². The summed E-state index contributed by atoms with van der Waals surface area (Å²) in [4.78, 5) is 26.8. The van der Waals surface area contributed by atoms with E-state index in [2.05, 4.69) is 0 Å². The molecule has 1 aromatic rings. The quantitative estimate of drug-likeness (QED) is 0.798. The highest BCUT2D eigenvalue weighted by Gasteiger charge is 2.21. The number of nitrogens with zero attached hydrogens (tertiary/aromatic N) is 2. The van der Waals surface area contributed by atoms with E-state index in [9.17, 15) is 9.59 Å². The number of carboxylic acids is 1. The lowest BCUT2D eigenvalue weighted by molar-refractivity contribution is -0.137. The van der Waals surface area contributed by atoms with Crippen molar-refractivity contribution in [1.29, 1.82) is 0 Å². The first-order valence-corrected chi connectivity index (χ1v) is 7.27. The molecule has 0 aliphatic heterocycles. The largest absolute Gasteiger partial charge is 0.481 e. The lowest BCUT2D eigenvalue weighted by Gasteiger charge is -2.29. The molecule has 0 bridgehead atoms. The molecule has 1 amide bonds. The average Bonchev–Trinajstić information content (AvgIpc) is 2.44. The second-order valence-electron chi connectivity index (χ2n) is 5.21. The van der Waals surface area contributed by atoms with Crippen molar-refractivity contribution >= 4 is 17.6 Å². The third-order valence-electron chi connectivity index (χ3n) is 3.27. The Bertz CT molecular complexity index is 460. The van der Waals surface area contributed by atoms with Gasteiger partial charge in [0.15, 0.2) is 0 Å². The second kappa shape index (κ2) is 8.42. The van der Waals surface area contributed by atoms with Gasteiger partial charge in [-0.25, -0.2) is 0 Å². The van der Waals surface area contributed by atoms with Crippen LogP contribution >= 0.6 is 0 Å². The van der Waals surface area contributed by atoms with E-state index < -0.39 is 5.97 Å². The third kappa shape index (κ3) is 5.55. The minimum Gasteiger partial charge on any atom is -0.481 e. The second-order valence-corrected chi connectivity index (χ2v) is 5.21. The number of hydrogen-bond donors (Lipinski definition) is 1. The SMILES string of the molecule is CCN(CCC(=O)O)CC(=O)N(c1ccccc1)C(C)C. The van der Waals surface area contributed by atoms with Crippen LogP contribution in [0.15, 0.2) is 30.3 Å². The van der Waals surface area contributed by atoms with E-state index in [0.717, 1.165) is 5.69 Å². The lowest BCUT2D eigenvalue weighted by atomic mass is 10.2. The number of likely N-dealkylation sites (N-methyl/N-ethyl adjacent to an activating group) is 1. The number of hydrogen-bond acceptors (Lipinski definition) is 3. The van der Waals surface area contributed by atoms with Gasteiger partial charge in [0, 0.05) is 18.3 Å². The summed E-state index contributed by atoms with van der Waals surface area (Å²) in [6.45, 7) is 7.14. The van der Waals surface area contributed by atoms with Gasteiger partial charge in [-0.3, -0.25) is 14.5 Å². The van der Waals surface area contributed by atoms with Crippen molar-refractivity contribution in [2.75, 3.05) is 24.5 Å². The number of amides is 1. The molecule has 0 unspecified atom stereocenters. The monoisotopic (exact) mass is 292 g/mol. The zero-order valence-electron chi connectivity index (χ0n) is 13.0. The van der Waals surface area contributed by atoms with Crippen LogP contribution < -0.4 is 4.90 Å². The number of para-hydroxylation sites is 1. The van der Waals surface area contributed by atoms with Gasteiger partial charge in [0.2, 0.25) is 5.91 Å². The number of carboxylic acid groups (broad SMARTS) is 1. The number of carbonyl (C=O) groups is 2. The van der Waals surface area contributed by atoms with E-state index >= 15 is 0 Å². The van der Waals surface area contributed by atoms with Crippen molar-refractivity contribution in [2.45, 2.75) is 33.2 Å². The van der Waals surface area contributed by atoms with Gasteiger partial charge in [-0.05, 0) is 32.5 Å². The molecule has 0 heterocycles. The summed E-state index contributed by atoms with van der Waals surface area (Å²) < 4.78 is 0. The minimum absolute atomic E-state index is 0.0107. The molecule has 0 fully saturated rings. The Morgan fingerprint density at radius 2 is 1.81 bits per heavy atom. The summed E-state index contributed by atoms with van der Waals surface area (Å²) in [6, 6.07) is 9.59. The fourth-order valence-electron chi connectivity index (χ4n) is 2.19. The molecule has 0 saturated carbocycles. The molecular formula is C16H24N2O3. The van der Waals surface area contributed by atoms with Crippen molar-refractivity contribution in [2.24, 2.45) is 0 Å². The summed E-state index contributed by atoms with van der Waals surface area (Å²) in [7, 11) is 0. The van der Waals surface area contributed by atoms with Crippen molar-refractivity contribution in [3.8, 4) is 0 Å². The van der Waals surface area contributed by atoms with E-state index in [0.29, 0.717) is 13.1 Å². The van der Waals surface area contributed by atoms with E-state index in [1.165, 1.54) is 0 Å². The third-order valence-corrected chi connectivity index (χ3v) is 3.27. The molecule has 0 radical (unpaired) electrons. The van der Waals surface area contributed by atoms with Crippen LogP contribution in [-0.2, 0) is 9.59 Å². The fraction of sp³-hybridized carbons (Fsp3) is 0.500. The number of aliphatic carboxylic acids is 1. The van der Waals surface area contributed by atoms with Crippen LogP contribution in [0.2, 0.25) is 0 Å². The van der Waals surface area contributed by atoms with Crippen LogP contribution in [0.3, 0.4) is 0 Å². The van der Waals surface area contributed by atoms with Crippen LogP contribution in [0, 0.1) is 0 Å². The first kappa shape index (κ1) is 17.2. The Labute approximate surface area is 126 Å². The normalized spacial score (nSPS) is 10.9. The van der Waals surface area contributed by atoms with Gasteiger partial charge in [-0.2, -0.15) is 0 Å². The highest BCUT2D eigenvalue weighted by Crippen LogP contribution is 2.17. The van der Waals surface area contributed by atoms with Crippen LogP contribution in [0.5, 0.6) is 0 Å². The van der Waals surface area contributed by atoms with Gasteiger partial charge >= 0.3 is 5.97 Å². The molecule has 116 valence electrons. The maximum atomic E-state index is 12.5. The number of carbonyl (C=O) groups excluding carboxylic acids is 1. The van der Waals surface area contributed by atoms with Gasteiger partial charge in [-0.15, -0.1) is 0 Å². The Kier molecular flexibility index (Phi) is 6.88. The molecule has 0 aromatic heterocycles. The Balaban J connectivity index is 2.75. The van der Waals surface area contributed by atoms with E-state index in [-0.39, 0.29) is 24.9 Å². The van der Waals surface area contributed by atoms with Gasteiger partial charge < -0.3 is 10.0 Å². The van der Waals surface area contributed by atoms with E-state index in [4.69, 9.17) is 5.11 Å². The molecule has 0 spiro atoms. The summed E-state index contributed by atoms with van der Waals surface area (Å²) in [5.74, 6) is -0.854. The lowest BCUT2D eigenvalue weighted by Crippen LogP contribution is -2.44. The van der Waals surface area contributed by atoms with Crippen molar-refractivity contribution in [3.63, 3.8) is 0 Å². The number of benzene rings is 1. The molecule has 5 heteroatoms. The fourth-order valence-corrected chi connectivity index (χ4v) is 2.19. The molecule has 1 rings (SSSR count). The Morgan fingerprint density at radius 3 is 2.29 bits per heavy atom. The highest BCUT2D eigenvalue weighted by atomic mass is 16.4. The highest BCUT2D eigenvalue weighted by molar-refractivity contribution is 5.95. The molecule has 1 aromatic carbocycles. The molecule has 1 N–H and O–H groups in total. The summed E-state index contributed by atoms with van der Waals surface area (Å²) in [5, 5.41) is 8.75. The predicted octanol–water partition coefficient (Wildman–Crippen LogP) is 2.22. The predicted molar refractivity (Wildman–Crippen MR) is 83.4 cm³/mol. The van der Waals surface area contributed by atoms with Gasteiger partial charge in [-0.1, -0.05) is 25.1 Å². The molecule has 5 nitrogen and oxygen atoms in total. The molecule has 0 atom stereocenters. The van der Waals surface area contributed by atoms with Crippen LogP contribution in [0.25, 0.3) is 0 Å². The summed E-state index contributed by atoms with van der Waals surface area (Å²) in [6.07, 6.45) is 0.0497. The molecule has 21 heavy (non-hydrogen) atoms. The number of anilines is 1. The van der Waals surface area contributed by atoms with Crippen molar-refractivity contribution in [1.82, 2.24) is 4.90 Å². The van der Waals surface area contributed by atoms with Crippen LogP contribution in [-0.4, -0.2) is 47.6 Å². The Hall–Kier alpha value is -1.88. The van der Waals surface area contributed by atoms with Gasteiger partial charge in [0.25, 0.3) is 0 Å². The van der Waals surface area contributed by atoms with Gasteiger partial charge in [0.05, 0.1) is 13.0 Å². The van der Waals surface area contributed by atoms with Gasteiger partial charge in [0.1, 0.15) is 0 Å². The summed E-state index contributed by atoms with van der Waals surface area (Å²) >= 11 is 0. The first-order chi connectivity index (χ1) is 9.95. The molecule has 0 aliphatic rings. The van der Waals surface area contributed by atoms with E-state index in [1.807, 2.05) is 56.0 Å². The zero-order valence-corrected chi connectivity index (χ0v) is 13.0.